The zero-order valence-electron chi connectivity index (χ0n) is 15.1. The lowest BCUT2D eigenvalue weighted by Crippen LogP contribution is -2.41. The van der Waals surface area contributed by atoms with Gasteiger partial charge in [-0.15, -0.1) is 0 Å². The number of benzene rings is 1. The van der Waals surface area contributed by atoms with E-state index >= 15 is 0 Å². The molecule has 1 aliphatic carbocycles. The molecule has 1 aliphatic heterocycles. The van der Waals surface area contributed by atoms with Crippen LogP contribution in [0.4, 0.5) is 5.69 Å². The molecular formula is C21H23N3O2S. The van der Waals surface area contributed by atoms with Crippen molar-refractivity contribution in [3.63, 3.8) is 0 Å². The third-order valence-corrected chi connectivity index (χ3v) is 6.57. The number of amides is 2. The number of hydrogen-bond acceptors (Lipinski definition) is 4. The predicted molar refractivity (Wildman–Crippen MR) is 106 cm³/mol. The van der Waals surface area contributed by atoms with Gasteiger partial charge in [-0.05, 0) is 48.9 Å². The van der Waals surface area contributed by atoms with Crippen LogP contribution in [0.15, 0.2) is 59.8 Å². The van der Waals surface area contributed by atoms with E-state index in [1.165, 1.54) is 11.8 Å². The molecule has 140 valence electrons. The topological polar surface area (TPSA) is 62.3 Å². The average Bonchev–Trinajstić information content (AvgIpc) is 3.42. The molecule has 5 nitrogen and oxygen atoms in total. The monoisotopic (exact) mass is 381 g/mol. The van der Waals surface area contributed by atoms with Gasteiger partial charge in [-0.2, -0.15) is 0 Å². The molecule has 1 unspecified atom stereocenters. The van der Waals surface area contributed by atoms with Crippen LogP contribution in [0.2, 0.25) is 0 Å². The molecule has 1 aromatic heterocycles. The van der Waals surface area contributed by atoms with Gasteiger partial charge >= 0.3 is 0 Å². The van der Waals surface area contributed by atoms with Crippen LogP contribution in [-0.4, -0.2) is 40.5 Å². The standard InChI is InChI=1S/C21H23N3O2S/c25-19(15-27-18-8-4-5-11-22-18)24-12-9-21(10-13-24)14-17(21)20(26)23-16-6-2-1-3-7-16/h1-8,11,17H,9-10,12-15H2,(H,23,26). The van der Waals surface area contributed by atoms with Crippen LogP contribution in [0, 0.1) is 11.3 Å². The van der Waals surface area contributed by atoms with E-state index in [9.17, 15) is 9.59 Å². The highest BCUT2D eigenvalue weighted by Gasteiger charge is 2.58. The Balaban J connectivity index is 1.24. The largest absolute Gasteiger partial charge is 0.342 e. The smallest absolute Gasteiger partial charge is 0.232 e. The molecule has 2 aromatic rings. The van der Waals surface area contributed by atoms with E-state index in [-0.39, 0.29) is 23.1 Å². The molecule has 6 heteroatoms. The number of thioether (sulfide) groups is 1. The fourth-order valence-electron chi connectivity index (χ4n) is 3.88. The molecule has 1 N–H and O–H groups in total. The minimum Gasteiger partial charge on any atom is -0.342 e. The Morgan fingerprint density at radius 2 is 1.85 bits per heavy atom. The number of nitrogens with one attached hydrogen (secondary N) is 1. The number of anilines is 1. The number of piperidine rings is 1. The predicted octanol–water partition coefficient (Wildman–Crippen LogP) is 3.44. The first-order chi connectivity index (χ1) is 13.2. The summed E-state index contributed by atoms with van der Waals surface area (Å²) in [6, 6.07) is 15.3. The average molecular weight is 382 g/mol. The van der Waals surface area contributed by atoms with Crippen molar-refractivity contribution >= 4 is 29.3 Å². The molecule has 2 fully saturated rings. The summed E-state index contributed by atoms with van der Waals surface area (Å²) in [7, 11) is 0. The molecule has 1 saturated carbocycles. The number of aromatic nitrogens is 1. The quantitative estimate of drug-likeness (QED) is 0.806. The number of para-hydroxylation sites is 1. The Morgan fingerprint density at radius 3 is 2.56 bits per heavy atom. The minimum atomic E-state index is 0.0813. The van der Waals surface area contributed by atoms with E-state index in [0.717, 1.165) is 43.1 Å². The van der Waals surface area contributed by atoms with Gasteiger partial charge in [0.25, 0.3) is 0 Å². The van der Waals surface area contributed by atoms with Crippen molar-refractivity contribution in [3.8, 4) is 0 Å². The maximum atomic E-state index is 12.5. The van der Waals surface area contributed by atoms with Gasteiger partial charge in [0.1, 0.15) is 0 Å². The van der Waals surface area contributed by atoms with Crippen LogP contribution in [0.5, 0.6) is 0 Å². The first kappa shape index (κ1) is 18.0. The van der Waals surface area contributed by atoms with Gasteiger partial charge in [0.2, 0.25) is 11.8 Å². The molecule has 2 heterocycles. The lowest BCUT2D eigenvalue weighted by molar-refractivity contribution is -0.130. The van der Waals surface area contributed by atoms with Crippen molar-refractivity contribution in [2.24, 2.45) is 11.3 Å². The van der Waals surface area contributed by atoms with Crippen molar-refractivity contribution in [1.82, 2.24) is 9.88 Å². The maximum Gasteiger partial charge on any atom is 0.232 e. The van der Waals surface area contributed by atoms with Crippen molar-refractivity contribution in [2.75, 3.05) is 24.2 Å². The lowest BCUT2D eigenvalue weighted by atomic mass is 9.90. The molecule has 1 atom stereocenters. The van der Waals surface area contributed by atoms with Crippen LogP contribution in [0.25, 0.3) is 0 Å². The third-order valence-electron chi connectivity index (χ3n) is 5.64. The highest BCUT2D eigenvalue weighted by atomic mass is 32.2. The Bertz CT molecular complexity index is 805. The highest BCUT2D eigenvalue weighted by molar-refractivity contribution is 7.99. The molecule has 0 bridgehead atoms. The Morgan fingerprint density at radius 1 is 1.11 bits per heavy atom. The van der Waals surface area contributed by atoms with Crippen LogP contribution < -0.4 is 5.32 Å². The maximum absolute atomic E-state index is 12.5. The summed E-state index contributed by atoms with van der Waals surface area (Å²) < 4.78 is 0. The summed E-state index contributed by atoms with van der Waals surface area (Å²) >= 11 is 1.48. The number of likely N-dealkylation sites (tertiary alicyclic amines) is 1. The molecule has 1 saturated heterocycles. The molecule has 27 heavy (non-hydrogen) atoms. The summed E-state index contributed by atoms with van der Waals surface area (Å²) in [5.41, 5.74) is 0.952. The van der Waals surface area contributed by atoms with Gasteiger partial charge in [0.05, 0.1) is 10.8 Å². The number of hydrogen-bond donors (Lipinski definition) is 1. The molecule has 0 radical (unpaired) electrons. The molecule has 4 rings (SSSR count). The molecule has 1 aromatic carbocycles. The number of carbonyl (C=O) groups excluding carboxylic acids is 2. The Kier molecular flexibility index (Phi) is 5.16. The summed E-state index contributed by atoms with van der Waals surface area (Å²) in [5, 5.41) is 3.89. The number of carbonyl (C=O) groups is 2. The van der Waals surface area contributed by atoms with Gasteiger partial charge in [-0.3, -0.25) is 9.59 Å². The van der Waals surface area contributed by atoms with Crippen LogP contribution in [-0.2, 0) is 9.59 Å². The van der Waals surface area contributed by atoms with Gasteiger partial charge in [0.15, 0.2) is 0 Å². The number of pyridine rings is 1. The molecule has 2 aliphatic rings. The first-order valence-corrected chi connectivity index (χ1v) is 10.3. The van der Waals surface area contributed by atoms with E-state index in [1.807, 2.05) is 53.4 Å². The van der Waals surface area contributed by atoms with Gasteiger partial charge in [0, 0.05) is 30.9 Å². The number of rotatable bonds is 5. The van der Waals surface area contributed by atoms with Crippen LogP contribution >= 0.6 is 11.8 Å². The molecule has 1 spiro atoms. The fraction of sp³-hybridized carbons (Fsp3) is 0.381. The van der Waals surface area contributed by atoms with Crippen molar-refractivity contribution in [3.05, 3.63) is 54.7 Å². The summed E-state index contributed by atoms with van der Waals surface area (Å²) in [4.78, 5) is 31.2. The fourth-order valence-corrected chi connectivity index (χ4v) is 4.65. The highest BCUT2D eigenvalue weighted by Crippen LogP contribution is 2.59. The van der Waals surface area contributed by atoms with E-state index in [2.05, 4.69) is 10.3 Å². The van der Waals surface area contributed by atoms with Gasteiger partial charge in [-0.25, -0.2) is 4.98 Å². The van der Waals surface area contributed by atoms with Crippen LogP contribution in [0.1, 0.15) is 19.3 Å². The van der Waals surface area contributed by atoms with Crippen molar-refractivity contribution in [2.45, 2.75) is 24.3 Å². The van der Waals surface area contributed by atoms with E-state index < -0.39 is 0 Å². The SMILES string of the molecule is O=C(Nc1ccccc1)C1CC12CCN(C(=O)CSc1ccccn1)CC2. The Labute approximate surface area is 163 Å². The zero-order chi connectivity index (χ0) is 18.7. The summed E-state index contributed by atoms with van der Waals surface area (Å²) in [6.45, 7) is 1.49. The van der Waals surface area contributed by atoms with Crippen LogP contribution in [0.3, 0.4) is 0 Å². The second-order valence-corrected chi connectivity index (χ2v) is 8.31. The normalized spacial score (nSPS) is 20.3. The van der Waals surface area contributed by atoms with Gasteiger partial charge in [-0.1, -0.05) is 36.0 Å². The van der Waals surface area contributed by atoms with E-state index in [4.69, 9.17) is 0 Å². The van der Waals surface area contributed by atoms with Gasteiger partial charge < -0.3 is 10.2 Å². The second kappa shape index (κ2) is 7.72. The summed E-state index contributed by atoms with van der Waals surface area (Å²) in [6.07, 6.45) is 4.52. The van der Waals surface area contributed by atoms with E-state index in [1.54, 1.807) is 6.20 Å². The number of nitrogens with zero attached hydrogens (tertiary/aromatic N) is 2. The molecular weight excluding hydrogens is 358 g/mol. The molecule has 2 amide bonds. The third kappa shape index (κ3) is 4.16. The second-order valence-electron chi connectivity index (χ2n) is 7.31. The first-order valence-electron chi connectivity index (χ1n) is 9.34. The minimum absolute atomic E-state index is 0.0813. The van der Waals surface area contributed by atoms with E-state index in [0.29, 0.717) is 5.75 Å². The van der Waals surface area contributed by atoms with Crippen molar-refractivity contribution in [1.29, 1.82) is 0 Å². The summed E-state index contributed by atoms with van der Waals surface area (Å²) in [5.74, 6) is 0.776. The zero-order valence-corrected chi connectivity index (χ0v) is 16.0. The Hall–Kier alpha value is -2.34. The lowest BCUT2D eigenvalue weighted by Gasteiger charge is -2.32. The van der Waals surface area contributed by atoms with Crippen molar-refractivity contribution < 1.29 is 9.59 Å².